The van der Waals surface area contributed by atoms with E-state index in [-0.39, 0.29) is 18.1 Å². The second-order valence-corrected chi connectivity index (χ2v) is 8.58. The van der Waals surface area contributed by atoms with Gasteiger partial charge in [-0.25, -0.2) is 4.79 Å². The van der Waals surface area contributed by atoms with Crippen molar-refractivity contribution in [1.82, 2.24) is 20.9 Å². The molecule has 2 rings (SSSR count). The number of nitrogens with one attached hydrogen (secondary N) is 4. The lowest BCUT2D eigenvalue weighted by molar-refractivity contribution is -0.143. The molecule has 2 aromatic rings. The van der Waals surface area contributed by atoms with E-state index in [4.69, 9.17) is 5.73 Å². The predicted molar refractivity (Wildman–Crippen MR) is 128 cm³/mol. The van der Waals surface area contributed by atoms with Crippen molar-refractivity contribution in [1.29, 1.82) is 0 Å². The smallest absolute Gasteiger partial charge is 0.326 e. The fourth-order valence-corrected chi connectivity index (χ4v) is 3.53. The van der Waals surface area contributed by atoms with Gasteiger partial charge in [0.05, 0.1) is 6.04 Å². The number of aliphatic carboxylic acids is 1. The van der Waals surface area contributed by atoms with Crippen molar-refractivity contribution in [2.24, 2.45) is 11.7 Å². The van der Waals surface area contributed by atoms with Crippen LogP contribution in [0.15, 0.2) is 30.5 Å². The van der Waals surface area contributed by atoms with Crippen LogP contribution in [0.4, 0.5) is 0 Å². The minimum absolute atomic E-state index is 0.0184. The van der Waals surface area contributed by atoms with Gasteiger partial charge >= 0.3 is 5.97 Å². The highest BCUT2D eigenvalue weighted by Gasteiger charge is 2.29. The van der Waals surface area contributed by atoms with Crippen LogP contribution < -0.4 is 21.7 Å². The van der Waals surface area contributed by atoms with Gasteiger partial charge in [0, 0.05) is 22.9 Å². The zero-order chi connectivity index (χ0) is 24.7. The highest BCUT2D eigenvalue weighted by atomic mass is 32.1. The first-order valence-electron chi connectivity index (χ1n) is 10.6. The molecule has 0 bridgehead atoms. The second kappa shape index (κ2) is 11.7. The van der Waals surface area contributed by atoms with Crippen molar-refractivity contribution >= 4 is 47.2 Å². The Morgan fingerprint density at radius 1 is 1.03 bits per heavy atom. The molecule has 4 unspecified atom stereocenters. The molecule has 0 aliphatic heterocycles. The average Bonchev–Trinajstić information content (AvgIpc) is 3.17. The van der Waals surface area contributed by atoms with Gasteiger partial charge in [0.25, 0.3) is 0 Å². The van der Waals surface area contributed by atoms with Crippen molar-refractivity contribution in [3.63, 3.8) is 0 Å². The van der Waals surface area contributed by atoms with Gasteiger partial charge in [0.15, 0.2) is 0 Å². The number of hydrogen-bond donors (Lipinski definition) is 7. The Balaban J connectivity index is 1.94. The van der Waals surface area contributed by atoms with E-state index in [0.717, 1.165) is 16.5 Å². The van der Waals surface area contributed by atoms with Crippen molar-refractivity contribution in [3.8, 4) is 0 Å². The summed E-state index contributed by atoms with van der Waals surface area (Å²) < 4.78 is 0. The maximum absolute atomic E-state index is 12.6. The monoisotopic (exact) mass is 477 g/mol. The highest BCUT2D eigenvalue weighted by Crippen LogP contribution is 2.18. The molecule has 7 N–H and O–H groups in total. The third-order valence-electron chi connectivity index (χ3n) is 5.25. The topological polar surface area (TPSA) is 166 Å². The molecular formula is C22H31N5O5S. The molecule has 180 valence electrons. The highest BCUT2D eigenvalue weighted by molar-refractivity contribution is 7.80. The number of hydrogen-bond acceptors (Lipinski definition) is 6. The SMILES string of the molecule is CC(NC(=O)C(CS)NC(=O)C(N)Cc1c[nH]c2ccccc12)C(=O)NC(C(=O)O)C(C)C. The Bertz CT molecular complexity index is 1010. The zero-order valence-corrected chi connectivity index (χ0v) is 19.7. The zero-order valence-electron chi connectivity index (χ0n) is 18.8. The van der Waals surface area contributed by atoms with Crippen LogP contribution in [0.2, 0.25) is 0 Å². The number of carboxylic acids is 1. The van der Waals surface area contributed by atoms with Gasteiger partial charge in [-0.05, 0) is 30.9 Å². The molecule has 10 nitrogen and oxygen atoms in total. The molecule has 0 fully saturated rings. The van der Waals surface area contributed by atoms with E-state index in [1.165, 1.54) is 6.92 Å². The van der Waals surface area contributed by atoms with E-state index in [9.17, 15) is 24.3 Å². The number of carboxylic acid groups (broad SMARTS) is 1. The number of aromatic nitrogens is 1. The minimum Gasteiger partial charge on any atom is -0.480 e. The van der Waals surface area contributed by atoms with Crippen LogP contribution >= 0.6 is 12.6 Å². The first-order valence-corrected chi connectivity index (χ1v) is 11.2. The van der Waals surface area contributed by atoms with Gasteiger partial charge in [0.1, 0.15) is 18.1 Å². The molecule has 0 saturated carbocycles. The van der Waals surface area contributed by atoms with Crippen LogP contribution in [0.1, 0.15) is 26.3 Å². The summed E-state index contributed by atoms with van der Waals surface area (Å²) in [7, 11) is 0. The van der Waals surface area contributed by atoms with Crippen LogP contribution in [0.5, 0.6) is 0 Å². The molecule has 0 aliphatic rings. The molecule has 0 aliphatic carbocycles. The molecule has 1 aromatic carbocycles. The molecule has 0 radical (unpaired) electrons. The third-order valence-corrected chi connectivity index (χ3v) is 5.61. The molecule has 11 heteroatoms. The number of thiol groups is 1. The van der Waals surface area contributed by atoms with Crippen LogP contribution in [-0.4, -0.2) is 63.7 Å². The Kier molecular flexibility index (Phi) is 9.30. The van der Waals surface area contributed by atoms with E-state index < -0.39 is 47.9 Å². The maximum atomic E-state index is 12.6. The molecule has 1 aromatic heterocycles. The average molecular weight is 478 g/mol. The first kappa shape index (κ1) is 26.2. The number of rotatable bonds is 11. The Morgan fingerprint density at radius 3 is 2.30 bits per heavy atom. The molecule has 1 heterocycles. The van der Waals surface area contributed by atoms with Gasteiger partial charge in [-0.2, -0.15) is 12.6 Å². The van der Waals surface area contributed by atoms with Crippen LogP contribution in [0.3, 0.4) is 0 Å². The Labute approximate surface area is 197 Å². The molecule has 4 atom stereocenters. The van der Waals surface area contributed by atoms with Crippen LogP contribution in [0.25, 0.3) is 10.9 Å². The predicted octanol–water partition coefficient (Wildman–Crippen LogP) is 0.182. The maximum Gasteiger partial charge on any atom is 0.326 e. The number of carbonyl (C=O) groups excluding carboxylic acids is 3. The van der Waals surface area contributed by atoms with Crippen molar-refractivity contribution < 1.29 is 24.3 Å². The fraction of sp³-hybridized carbons (Fsp3) is 0.455. The van der Waals surface area contributed by atoms with Crippen molar-refractivity contribution in [2.75, 3.05) is 5.75 Å². The van der Waals surface area contributed by atoms with Gasteiger partial charge in [0.2, 0.25) is 17.7 Å². The number of fused-ring (bicyclic) bond motifs is 1. The summed E-state index contributed by atoms with van der Waals surface area (Å²) in [4.78, 5) is 51.9. The summed E-state index contributed by atoms with van der Waals surface area (Å²) in [6, 6.07) is 3.62. The molecule has 3 amide bonds. The third kappa shape index (κ3) is 6.96. The number of benzene rings is 1. The summed E-state index contributed by atoms with van der Waals surface area (Å²) in [6.45, 7) is 4.75. The normalized spacial score (nSPS) is 14.8. The van der Waals surface area contributed by atoms with Crippen molar-refractivity contribution in [3.05, 3.63) is 36.0 Å². The van der Waals surface area contributed by atoms with Crippen molar-refractivity contribution in [2.45, 2.75) is 51.4 Å². The van der Waals surface area contributed by atoms with Gasteiger partial charge < -0.3 is 31.8 Å². The lowest BCUT2D eigenvalue weighted by Crippen LogP contribution is -2.57. The summed E-state index contributed by atoms with van der Waals surface area (Å²) in [5, 5.41) is 17.6. The number of para-hydroxylation sites is 1. The minimum atomic E-state index is -1.17. The van der Waals surface area contributed by atoms with E-state index in [2.05, 4.69) is 33.6 Å². The van der Waals surface area contributed by atoms with E-state index in [1.807, 2.05) is 24.3 Å². The lowest BCUT2D eigenvalue weighted by Gasteiger charge is -2.23. The first-order chi connectivity index (χ1) is 15.5. The fourth-order valence-electron chi connectivity index (χ4n) is 3.27. The van der Waals surface area contributed by atoms with Gasteiger partial charge in [-0.3, -0.25) is 14.4 Å². The quantitative estimate of drug-likeness (QED) is 0.228. The summed E-state index contributed by atoms with van der Waals surface area (Å²) in [5.74, 6) is -3.33. The van der Waals surface area contributed by atoms with Crippen LogP contribution in [0, 0.1) is 5.92 Å². The number of carbonyl (C=O) groups is 4. The van der Waals surface area contributed by atoms with Gasteiger partial charge in [-0.15, -0.1) is 0 Å². The number of amides is 3. The van der Waals surface area contributed by atoms with Crippen LogP contribution in [-0.2, 0) is 25.6 Å². The van der Waals surface area contributed by atoms with E-state index >= 15 is 0 Å². The number of aromatic amines is 1. The summed E-state index contributed by atoms with van der Waals surface area (Å²) >= 11 is 4.12. The van der Waals surface area contributed by atoms with Gasteiger partial charge in [-0.1, -0.05) is 32.0 Å². The molecular weight excluding hydrogens is 446 g/mol. The molecule has 0 spiro atoms. The summed E-state index contributed by atoms with van der Waals surface area (Å²) in [6.07, 6.45) is 2.06. The standard InChI is InChI=1S/C22H31N5O5S/c1-11(2)18(22(31)32)27-19(28)12(3)25-21(30)17(10-33)26-20(29)15(23)8-13-9-24-16-7-5-4-6-14(13)16/h4-7,9,11-12,15,17-18,24,33H,8,10,23H2,1-3H3,(H,25,30)(H,26,29)(H,27,28)(H,31,32). The molecule has 0 saturated heterocycles. The second-order valence-electron chi connectivity index (χ2n) is 8.21. The van der Waals surface area contributed by atoms with E-state index in [0.29, 0.717) is 0 Å². The lowest BCUT2D eigenvalue weighted by atomic mass is 10.0. The number of nitrogens with two attached hydrogens (primary N) is 1. The Morgan fingerprint density at radius 2 is 1.70 bits per heavy atom. The Hall–Kier alpha value is -3.05. The number of H-pyrrole nitrogens is 1. The largest absolute Gasteiger partial charge is 0.480 e. The van der Waals surface area contributed by atoms with E-state index in [1.54, 1.807) is 20.0 Å². The summed E-state index contributed by atoms with van der Waals surface area (Å²) in [5.41, 5.74) is 7.87. The molecule has 33 heavy (non-hydrogen) atoms.